The summed E-state index contributed by atoms with van der Waals surface area (Å²) in [5.74, 6) is 2.03. The Kier molecular flexibility index (Phi) is 6.39. The third kappa shape index (κ3) is 4.36. The molecule has 0 amide bonds. The van der Waals surface area contributed by atoms with Gasteiger partial charge in [0.1, 0.15) is 18.1 Å². The molecule has 0 radical (unpaired) electrons. The maximum Gasteiger partial charge on any atom is 0.336 e. The van der Waals surface area contributed by atoms with Gasteiger partial charge in [0, 0.05) is 24.5 Å². The lowest BCUT2D eigenvalue weighted by atomic mass is 10.0. The fourth-order valence-corrected chi connectivity index (χ4v) is 4.32. The second-order valence-corrected chi connectivity index (χ2v) is 8.06. The molecule has 0 unspecified atom stereocenters. The van der Waals surface area contributed by atoms with Gasteiger partial charge < -0.3 is 18.6 Å². The zero-order chi connectivity index (χ0) is 22.0. The summed E-state index contributed by atoms with van der Waals surface area (Å²) < 4.78 is 22.3. The number of aryl methyl sites for hydroxylation is 1. The van der Waals surface area contributed by atoms with E-state index in [1.54, 1.807) is 20.3 Å². The molecule has 4 rings (SSSR count). The van der Waals surface area contributed by atoms with E-state index in [4.69, 9.17) is 30.2 Å². The fourth-order valence-electron chi connectivity index (χ4n) is 4.04. The van der Waals surface area contributed by atoms with E-state index >= 15 is 0 Å². The van der Waals surface area contributed by atoms with Crippen molar-refractivity contribution in [3.05, 3.63) is 62.5 Å². The lowest BCUT2D eigenvalue weighted by Crippen LogP contribution is -2.34. The first-order valence-electron chi connectivity index (χ1n) is 10.4. The van der Waals surface area contributed by atoms with Crippen molar-refractivity contribution >= 4 is 22.6 Å². The van der Waals surface area contributed by atoms with E-state index in [-0.39, 0.29) is 5.63 Å². The highest BCUT2D eigenvalue weighted by atomic mass is 35.5. The molecular weight excluding hydrogens is 418 g/mol. The summed E-state index contributed by atoms with van der Waals surface area (Å²) in [6.45, 7) is 3.86. The van der Waals surface area contributed by atoms with Crippen molar-refractivity contribution < 1.29 is 18.6 Å². The van der Waals surface area contributed by atoms with Crippen LogP contribution in [0.25, 0.3) is 11.0 Å². The average Bonchev–Trinajstić information content (AvgIpc) is 2.78. The van der Waals surface area contributed by atoms with E-state index in [1.165, 1.54) is 0 Å². The van der Waals surface area contributed by atoms with Gasteiger partial charge in [0.15, 0.2) is 11.5 Å². The van der Waals surface area contributed by atoms with Crippen molar-refractivity contribution in [3.63, 3.8) is 0 Å². The minimum absolute atomic E-state index is 0.345. The number of fused-ring (bicyclic) bond motifs is 3. The second kappa shape index (κ2) is 9.20. The number of hydrogen-bond acceptors (Lipinski definition) is 6. The summed E-state index contributed by atoms with van der Waals surface area (Å²) in [6.07, 6.45) is 2.53. The van der Waals surface area contributed by atoms with Crippen LogP contribution in [0.2, 0.25) is 5.02 Å². The maximum atomic E-state index is 12.2. The highest BCUT2D eigenvalue weighted by Crippen LogP contribution is 2.39. The molecule has 0 saturated carbocycles. The predicted octanol–water partition coefficient (Wildman–Crippen LogP) is 4.81. The topological polar surface area (TPSA) is 61.1 Å². The predicted molar refractivity (Wildman–Crippen MR) is 121 cm³/mol. The third-order valence-electron chi connectivity index (χ3n) is 5.58. The summed E-state index contributed by atoms with van der Waals surface area (Å²) in [5, 5.41) is 1.43. The van der Waals surface area contributed by atoms with Crippen LogP contribution in [0.4, 0.5) is 0 Å². The van der Waals surface area contributed by atoms with Crippen LogP contribution in [0.3, 0.4) is 0 Å². The Morgan fingerprint density at radius 3 is 2.65 bits per heavy atom. The van der Waals surface area contributed by atoms with E-state index in [9.17, 15) is 4.79 Å². The van der Waals surface area contributed by atoms with Crippen molar-refractivity contribution in [2.24, 2.45) is 0 Å². The van der Waals surface area contributed by atoms with Gasteiger partial charge in [-0.15, -0.1) is 0 Å². The van der Waals surface area contributed by atoms with Gasteiger partial charge in [0.25, 0.3) is 0 Å². The number of methoxy groups -OCH3 is 2. The number of ether oxygens (including phenoxy) is 3. The molecule has 7 heteroatoms. The smallest absolute Gasteiger partial charge is 0.336 e. The van der Waals surface area contributed by atoms with Crippen molar-refractivity contribution in [2.75, 3.05) is 27.5 Å². The zero-order valence-corrected chi connectivity index (χ0v) is 18.8. The van der Waals surface area contributed by atoms with Crippen LogP contribution in [-0.4, -0.2) is 32.4 Å². The molecule has 2 heterocycles. The molecule has 0 aliphatic carbocycles. The van der Waals surface area contributed by atoms with E-state index in [2.05, 4.69) is 11.8 Å². The van der Waals surface area contributed by atoms with Crippen LogP contribution >= 0.6 is 11.6 Å². The molecule has 1 aliphatic rings. The van der Waals surface area contributed by atoms with Gasteiger partial charge in [-0.2, -0.15) is 0 Å². The highest BCUT2D eigenvalue weighted by molar-refractivity contribution is 6.33. The number of nitrogens with zero attached hydrogens (tertiary/aromatic N) is 1. The molecule has 0 N–H and O–H groups in total. The first-order valence-corrected chi connectivity index (χ1v) is 10.8. The van der Waals surface area contributed by atoms with E-state index in [0.29, 0.717) is 41.1 Å². The van der Waals surface area contributed by atoms with E-state index in [0.717, 1.165) is 47.9 Å². The molecule has 6 nitrogen and oxygen atoms in total. The molecular formula is C24H26ClNO5. The van der Waals surface area contributed by atoms with Crippen LogP contribution in [0.5, 0.6) is 17.2 Å². The van der Waals surface area contributed by atoms with Crippen molar-refractivity contribution in [3.8, 4) is 17.2 Å². The minimum Gasteiger partial charge on any atom is -0.493 e. The summed E-state index contributed by atoms with van der Waals surface area (Å²) in [5.41, 5.74) is 3.15. The molecule has 31 heavy (non-hydrogen) atoms. The molecule has 0 atom stereocenters. The Bertz CT molecular complexity index is 1160. The van der Waals surface area contributed by atoms with Crippen molar-refractivity contribution in [1.29, 1.82) is 0 Å². The summed E-state index contributed by atoms with van der Waals surface area (Å²) in [7, 11) is 3.26. The summed E-state index contributed by atoms with van der Waals surface area (Å²) >= 11 is 6.53. The van der Waals surface area contributed by atoms with Gasteiger partial charge in [0.05, 0.1) is 24.8 Å². The highest BCUT2D eigenvalue weighted by Gasteiger charge is 2.25. The monoisotopic (exact) mass is 443 g/mol. The lowest BCUT2D eigenvalue weighted by Gasteiger charge is -2.30. The molecule has 0 spiro atoms. The molecule has 2 aromatic carbocycles. The molecule has 0 bridgehead atoms. The van der Waals surface area contributed by atoms with Crippen LogP contribution in [0.1, 0.15) is 30.0 Å². The molecule has 164 valence electrons. The maximum absolute atomic E-state index is 12.2. The van der Waals surface area contributed by atoms with Crippen molar-refractivity contribution in [2.45, 2.75) is 32.7 Å². The quantitative estimate of drug-likeness (QED) is 0.488. The fraction of sp³-hybridized carbons (Fsp3) is 0.375. The largest absolute Gasteiger partial charge is 0.493 e. The minimum atomic E-state index is -0.345. The number of rotatable bonds is 7. The van der Waals surface area contributed by atoms with Crippen LogP contribution < -0.4 is 19.8 Å². The second-order valence-electron chi connectivity index (χ2n) is 7.65. The number of benzene rings is 2. The Morgan fingerprint density at radius 1 is 1.10 bits per heavy atom. The van der Waals surface area contributed by atoms with Crippen LogP contribution in [-0.2, 0) is 19.4 Å². The average molecular weight is 444 g/mol. The van der Waals surface area contributed by atoms with E-state index < -0.39 is 0 Å². The standard InChI is InChI=1S/C24H26ClNO5/c1-4-5-16-11-22(27)31-23-17(16)12-19(25)24-18(23)13-26(14-30-24)9-8-15-6-7-20(28-2)21(10-15)29-3/h6-7,10-12H,4-5,8-9,13-14H2,1-3H3. The first-order chi connectivity index (χ1) is 15.0. The van der Waals surface area contributed by atoms with E-state index in [1.807, 2.05) is 24.3 Å². The molecule has 3 aromatic rings. The SMILES string of the molecule is CCCc1cc(=O)oc2c3c(c(Cl)cc12)OCN(CCc1ccc(OC)c(OC)c1)C3. The number of halogens is 1. The first kappa shape index (κ1) is 21.5. The van der Waals surface area contributed by atoms with Gasteiger partial charge in [-0.25, -0.2) is 4.79 Å². The van der Waals surface area contributed by atoms with Crippen LogP contribution in [0, 0.1) is 0 Å². The molecule has 1 aliphatic heterocycles. The number of hydrogen-bond donors (Lipinski definition) is 0. The normalized spacial score (nSPS) is 13.7. The summed E-state index contributed by atoms with van der Waals surface area (Å²) in [4.78, 5) is 14.3. The summed E-state index contributed by atoms with van der Waals surface area (Å²) in [6, 6.07) is 9.34. The molecule has 1 aromatic heterocycles. The van der Waals surface area contributed by atoms with Gasteiger partial charge >= 0.3 is 5.63 Å². The lowest BCUT2D eigenvalue weighted by molar-refractivity contribution is 0.0968. The Morgan fingerprint density at radius 2 is 1.90 bits per heavy atom. The zero-order valence-electron chi connectivity index (χ0n) is 18.0. The third-order valence-corrected chi connectivity index (χ3v) is 5.86. The van der Waals surface area contributed by atoms with Gasteiger partial charge in [-0.05, 0) is 42.2 Å². The van der Waals surface area contributed by atoms with Gasteiger partial charge in [-0.1, -0.05) is 31.0 Å². The Balaban J connectivity index is 1.60. The molecule has 0 fully saturated rings. The Hall–Kier alpha value is -2.70. The van der Waals surface area contributed by atoms with Crippen molar-refractivity contribution in [1.82, 2.24) is 4.90 Å². The Labute approximate surface area is 186 Å². The van der Waals surface area contributed by atoms with Crippen LogP contribution in [0.15, 0.2) is 39.5 Å². The van der Waals surface area contributed by atoms with Gasteiger partial charge in [0.2, 0.25) is 0 Å². The van der Waals surface area contributed by atoms with Gasteiger partial charge in [-0.3, -0.25) is 4.90 Å². The molecule has 0 saturated heterocycles.